The number of fused-ring (bicyclic) bond motifs is 8. The minimum atomic E-state index is -7.58. The van der Waals surface area contributed by atoms with E-state index >= 15 is 35.1 Å². The SMILES string of the molecule is FC(F)(F)C(F)(F)C(F)(F)c1c2nc(c(C(F)(F)C(F)(F)C(F)(F)F)c3ccc([nH]3)c(C(F)(F)C(F)(F)C(F)(F)F)c3nc(c(C(F)(F)C(F)(F)C(F)(F)F)c4ccc1[nH]4)C(Br)=C3Br)C(Br)=C2Br. The van der Waals surface area contributed by atoms with Gasteiger partial charge in [-0.25, -0.2) is 9.97 Å². The molecule has 0 fully saturated rings. The van der Waals surface area contributed by atoms with Crippen LogP contribution in [-0.2, 0) is 23.7 Å². The second-order valence-electron chi connectivity index (χ2n) is 13.5. The number of halogens is 32. The number of aromatic nitrogens is 4. The Kier molecular flexibility index (Phi) is 13.1. The molecule has 0 unspecified atom stereocenters. The summed E-state index contributed by atoms with van der Waals surface area (Å²) < 4.78 is 403. The summed E-state index contributed by atoms with van der Waals surface area (Å²) in [4.78, 5) is 7.49. The van der Waals surface area contributed by atoms with Crippen LogP contribution in [-0.4, -0.2) is 68.3 Å². The Morgan fingerprint density at radius 3 is 0.559 bits per heavy atom. The first-order chi connectivity index (χ1) is 30.0. The summed E-state index contributed by atoms with van der Waals surface area (Å²) in [6.07, 6.45) is -30.1. The predicted octanol–water partition coefficient (Wildman–Crippen LogP) is 16.7. The van der Waals surface area contributed by atoms with Gasteiger partial charge < -0.3 is 9.97 Å². The van der Waals surface area contributed by atoms with Gasteiger partial charge in [0, 0.05) is 0 Å². The lowest BCUT2D eigenvalue weighted by atomic mass is 9.99. The maximum absolute atomic E-state index is 16.0. The van der Waals surface area contributed by atoms with Gasteiger partial charge in [-0.2, -0.15) is 123 Å². The van der Waals surface area contributed by atoms with Crippen molar-refractivity contribution in [2.75, 3.05) is 0 Å². The van der Waals surface area contributed by atoms with Gasteiger partial charge in [-0.1, -0.05) is 0 Å². The van der Waals surface area contributed by atoms with Crippen molar-refractivity contribution < 1.29 is 123 Å². The molecule has 0 aromatic carbocycles. The minimum Gasteiger partial charge on any atom is -0.355 e. The highest BCUT2D eigenvalue weighted by molar-refractivity contribution is 9.18. The first-order valence-corrected chi connectivity index (χ1v) is 19.4. The van der Waals surface area contributed by atoms with Crippen molar-refractivity contribution in [3.05, 3.63) is 69.3 Å². The molecule has 378 valence electrons. The highest BCUT2D eigenvalue weighted by atomic mass is 79.9. The van der Waals surface area contributed by atoms with Crippen LogP contribution in [0.25, 0.3) is 40.0 Å². The van der Waals surface area contributed by atoms with Crippen molar-refractivity contribution in [1.29, 1.82) is 0 Å². The molecule has 0 radical (unpaired) electrons. The number of aromatic amines is 2. The van der Waals surface area contributed by atoms with Crippen molar-refractivity contribution in [2.24, 2.45) is 0 Å². The first kappa shape index (κ1) is 55.5. The summed E-state index contributed by atoms with van der Waals surface area (Å²) in [5, 5.41) is 0. The van der Waals surface area contributed by atoms with Crippen LogP contribution in [0.5, 0.6) is 0 Å². The molecule has 3 aromatic heterocycles. The Morgan fingerprint density at radius 1 is 0.279 bits per heavy atom. The van der Waals surface area contributed by atoms with Gasteiger partial charge in [-0.05, 0) is 88.0 Å². The predicted molar refractivity (Wildman–Crippen MR) is 190 cm³/mol. The van der Waals surface area contributed by atoms with Gasteiger partial charge in [0.2, 0.25) is 0 Å². The molecule has 0 spiro atoms. The lowest BCUT2D eigenvalue weighted by Crippen LogP contribution is -2.50. The van der Waals surface area contributed by atoms with E-state index in [0.29, 0.717) is 0 Å². The molecule has 0 saturated carbocycles. The van der Waals surface area contributed by atoms with Crippen LogP contribution in [0.3, 0.4) is 0 Å². The van der Waals surface area contributed by atoms with Gasteiger partial charge >= 0.3 is 72.1 Å². The van der Waals surface area contributed by atoms with Crippen molar-refractivity contribution in [3.8, 4) is 0 Å². The summed E-state index contributed by atoms with van der Waals surface area (Å²) in [5.41, 5.74) is -32.6. The minimum absolute atomic E-state index is 0.490. The molecule has 68 heavy (non-hydrogen) atoms. The zero-order valence-corrected chi connectivity index (χ0v) is 36.6. The molecule has 0 saturated heterocycles. The molecule has 0 atom stereocenters. The number of hydrogen-bond donors (Lipinski definition) is 2. The van der Waals surface area contributed by atoms with E-state index in [0.717, 1.165) is 9.97 Å². The maximum atomic E-state index is 16.0. The second kappa shape index (κ2) is 16.0. The van der Waals surface area contributed by atoms with Crippen molar-refractivity contribution in [1.82, 2.24) is 19.9 Å². The van der Waals surface area contributed by atoms with E-state index in [9.17, 15) is 87.8 Å². The van der Waals surface area contributed by atoms with Crippen LogP contribution < -0.4 is 0 Å². The van der Waals surface area contributed by atoms with E-state index in [2.05, 4.69) is 73.7 Å². The fourth-order valence-corrected chi connectivity index (χ4v) is 7.89. The fraction of sp³-hybridized carbons (Fsp3) is 0.375. The van der Waals surface area contributed by atoms with Crippen LogP contribution in [0, 0.1) is 0 Å². The highest BCUT2D eigenvalue weighted by Crippen LogP contribution is 2.61. The van der Waals surface area contributed by atoms with Gasteiger partial charge in [-0.3, -0.25) is 0 Å². The second-order valence-corrected chi connectivity index (χ2v) is 16.7. The molecule has 8 bridgehead atoms. The summed E-state index contributed by atoms with van der Waals surface area (Å²) in [6.45, 7) is 0. The molecule has 0 amide bonds. The average Bonchev–Trinajstić information content (AvgIpc) is 3.93. The number of H-pyrrole nitrogens is 2. The van der Waals surface area contributed by atoms with Crippen molar-refractivity contribution in [3.63, 3.8) is 0 Å². The molecule has 2 aliphatic rings. The molecule has 0 aliphatic carbocycles. The van der Waals surface area contributed by atoms with E-state index < -0.39 is 181 Å². The largest absolute Gasteiger partial charge is 0.460 e. The molecule has 2 N–H and O–H groups in total. The highest BCUT2D eigenvalue weighted by Gasteiger charge is 2.78. The zero-order chi connectivity index (χ0) is 52.9. The molecule has 3 aromatic rings. The van der Waals surface area contributed by atoms with Gasteiger partial charge in [0.1, 0.15) is 0 Å². The van der Waals surface area contributed by atoms with Gasteiger partial charge in [0.15, 0.2) is 0 Å². The molecule has 5 rings (SSSR count). The lowest BCUT2D eigenvalue weighted by molar-refractivity contribution is -0.359. The fourth-order valence-electron chi connectivity index (χ4n) is 5.99. The summed E-state index contributed by atoms with van der Waals surface area (Å²) in [6, 6.07) is -1.96. The monoisotopic (exact) mass is 1290 g/mol. The van der Waals surface area contributed by atoms with E-state index in [4.69, 9.17) is 0 Å². The third-order valence-corrected chi connectivity index (χ3v) is 13.5. The maximum Gasteiger partial charge on any atom is 0.460 e. The van der Waals surface area contributed by atoms with Gasteiger partial charge in [0.25, 0.3) is 0 Å². The van der Waals surface area contributed by atoms with Crippen molar-refractivity contribution in [2.45, 2.75) is 72.1 Å². The van der Waals surface area contributed by atoms with Crippen LogP contribution in [0.1, 0.15) is 45.0 Å². The van der Waals surface area contributed by atoms with E-state index in [-0.39, 0.29) is 0 Å². The molecule has 2 aliphatic heterocycles. The van der Waals surface area contributed by atoms with Crippen molar-refractivity contribution >= 4 is 104 Å². The van der Waals surface area contributed by atoms with Crippen LogP contribution in [0.2, 0.25) is 0 Å². The topological polar surface area (TPSA) is 57.4 Å². The average molecular weight is 1300 g/mol. The standard InChI is InChI=1S/C32H6Br4F28N4/c33-13-14(34)19-11(23(41,42)27(49,50)31(59,60)61)7-3-4-8(66-7)12(24(43,44)28(51,52)32(62,63)64)20-16(36)15(35)18(68-20)10(22(39,40)26(47,48)30(56,57)58)6-2-1-5(65-6)9(17(13)67-19)21(37,38)25(45,46)29(53,54)55/h1-4,65-66H. The zero-order valence-electron chi connectivity index (χ0n) is 30.3. The Bertz CT molecular complexity index is 2440. The summed E-state index contributed by atoms with van der Waals surface area (Å²) >= 11 is 8.47. The quantitative estimate of drug-likeness (QED) is 0.221. The number of nitrogens with zero attached hydrogens (tertiary/aromatic N) is 2. The van der Waals surface area contributed by atoms with E-state index in [1.807, 2.05) is 0 Å². The van der Waals surface area contributed by atoms with Crippen LogP contribution in [0.15, 0.2) is 24.3 Å². The van der Waals surface area contributed by atoms with E-state index in [1.165, 1.54) is 0 Å². The molecular weight excluding hydrogens is 1290 g/mol. The number of nitrogens with one attached hydrogen (secondary N) is 2. The Labute approximate surface area is 386 Å². The Balaban J connectivity index is 2.35. The van der Waals surface area contributed by atoms with Gasteiger partial charge in [0.05, 0.1) is 85.0 Å². The summed E-state index contributed by atoms with van der Waals surface area (Å²) in [5.74, 6) is -58.8. The first-order valence-electron chi connectivity index (χ1n) is 16.3. The Hall–Kier alpha value is -3.44. The molecule has 4 nitrogen and oxygen atoms in total. The molecule has 5 heterocycles. The van der Waals surface area contributed by atoms with E-state index in [1.54, 1.807) is 0 Å². The number of rotatable bonds is 8. The van der Waals surface area contributed by atoms with Crippen LogP contribution in [0.4, 0.5) is 123 Å². The number of alkyl halides is 28. The number of hydrogen-bond acceptors (Lipinski definition) is 2. The van der Waals surface area contributed by atoms with Crippen LogP contribution >= 0.6 is 63.7 Å². The third kappa shape index (κ3) is 7.78. The smallest absolute Gasteiger partial charge is 0.355 e. The van der Waals surface area contributed by atoms with Gasteiger partial charge in [-0.15, -0.1) is 0 Å². The normalized spacial score (nSPS) is 16.1. The molecule has 36 heteroatoms. The Morgan fingerprint density at radius 2 is 0.426 bits per heavy atom. The molecular formula is C32H6Br4F28N4. The lowest BCUT2D eigenvalue weighted by Gasteiger charge is -2.29. The third-order valence-electron chi connectivity index (χ3n) is 9.32. The summed E-state index contributed by atoms with van der Waals surface area (Å²) in [7, 11) is 0.